The normalized spacial score (nSPS) is 12.8. The Balaban J connectivity index is 2.74. The Morgan fingerprint density at radius 1 is 1.50 bits per heavy atom. The van der Waals surface area contributed by atoms with E-state index in [1.54, 1.807) is 32.0 Å². The second-order valence-corrected chi connectivity index (χ2v) is 6.86. The van der Waals surface area contributed by atoms with Gasteiger partial charge in [0.2, 0.25) is 0 Å². The van der Waals surface area contributed by atoms with Gasteiger partial charge in [-0.15, -0.1) is 0 Å². The van der Waals surface area contributed by atoms with Gasteiger partial charge in [0.1, 0.15) is 6.07 Å². The first kappa shape index (κ1) is 14.8. The van der Waals surface area contributed by atoms with E-state index in [9.17, 15) is 8.42 Å². The van der Waals surface area contributed by atoms with Gasteiger partial charge in [-0.05, 0) is 25.1 Å². The number of anilines is 1. The van der Waals surface area contributed by atoms with E-state index in [0.29, 0.717) is 16.3 Å². The summed E-state index contributed by atoms with van der Waals surface area (Å²) in [5.41, 5.74) is 1.11. The molecule has 1 unspecified atom stereocenters. The summed E-state index contributed by atoms with van der Waals surface area (Å²) in [5.74, 6) is 0.203. The lowest BCUT2D eigenvalue weighted by Crippen LogP contribution is -2.26. The minimum Gasteiger partial charge on any atom is -0.382 e. The number of halogens is 1. The number of nitrogens with zero attached hydrogens (tertiary/aromatic N) is 1. The van der Waals surface area contributed by atoms with Gasteiger partial charge in [-0.1, -0.05) is 18.5 Å². The highest BCUT2D eigenvalue weighted by Gasteiger charge is 2.13. The quantitative estimate of drug-likeness (QED) is 0.902. The fourth-order valence-electron chi connectivity index (χ4n) is 1.52. The van der Waals surface area contributed by atoms with Crippen LogP contribution in [0.3, 0.4) is 0 Å². The molecular weight excluding hydrogens is 272 g/mol. The molecule has 0 fully saturated rings. The number of hydrogen-bond acceptors (Lipinski definition) is 4. The summed E-state index contributed by atoms with van der Waals surface area (Å²) >= 11 is 5.89. The lowest BCUT2D eigenvalue weighted by Gasteiger charge is -2.15. The van der Waals surface area contributed by atoms with Crippen LogP contribution in [0.5, 0.6) is 0 Å². The zero-order valence-electron chi connectivity index (χ0n) is 10.3. The van der Waals surface area contributed by atoms with E-state index in [-0.39, 0.29) is 17.5 Å². The first-order chi connectivity index (χ1) is 8.38. The fraction of sp³-hybridized carbons (Fsp3) is 0.417. The molecule has 0 saturated carbocycles. The van der Waals surface area contributed by atoms with Gasteiger partial charge in [-0.2, -0.15) is 5.26 Å². The molecule has 0 aromatic heterocycles. The van der Waals surface area contributed by atoms with Crippen molar-refractivity contribution in [3.8, 4) is 6.07 Å². The van der Waals surface area contributed by atoms with Crippen LogP contribution in [0.1, 0.15) is 19.4 Å². The topological polar surface area (TPSA) is 70.0 Å². The second kappa shape index (κ2) is 6.07. The van der Waals surface area contributed by atoms with Crippen LogP contribution in [0, 0.1) is 11.3 Å². The second-order valence-electron chi connectivity index (χ2n) is 4.05. The summed E-state index contributed by atoms with van der Waals surface area (Å²) in [4.78, 5) is 0. The highest BCUT2D eigenvalue weighted by atomic mass is 35.5. The Morgan fingerprint density at radius 3 is 2.67 bits per heavy atom. The number of benzene rings is 1. The maximum atomic E-state index is 11.5. The van der Waals surface area contributed by atoms with E-state index < -0.39 is 9.84 Å². The van der Waals surface area contributed by atoms with E-state index in [4.69, 9.17) is 16.9 Å². The summed E-state index contributed by atoms with van der Waals surface area (Å²) in [6, 6.07) is 6.69. The third-order valence-electron chi connectivity index (χ3n) is 2.45. The van der Waals surface area contributed by atoms with E-state index >= 15 is 0 Å². The van der Waals surface area contributed by atoms with Gasteiger partial charge < -0.3 is 5.32 Å². The molecule has 0 aliphatic carbocycles. The van der Waals surface area contributed by atoms with Crippen molar-refractivity contribution in [1.82, 2.24) is 0 Å². The zero-order chi connectivity index (χ0) is 13.8. The number of sulfone groups is 1. The standard InChI is InChI=1S/C12H15ClN2O2S/c1-3-18(16,17)8-9(2)15-11-5-4-10(7-14)12(13)6-11/h4-6,9,15H,3,8H2,1-2H3. The largest absolute Gasteiger partial charge is 0.382 e. The average Bonchev–Trinajstić information content (AvgIpc) is 2.28. The van der Waals surface area contributed by atoms with Gasteiger partial charge in [0.15, 0.2) is 9.84 Å². The number of nitrogens with one attached hydrogen (secondary N) is 1. The zero-order valence-corrected chi connectivity index (χ0v) is 11.8. The van der Waals surface area contributed by atoms with Gasteiger partial charge >= 0.3 is 0 Å². The molecule has 0 saturated heterocycles. The van der Waals surface area contributed by atoms with E-state index in [1.807, 2.05) is 6.07 Å². The summed E-state index contributed by atoms with van der Waals surface area (Å²) < 4.78 is 22.9. The Labute approximate surface area is 112 Å². The first-order valence-electron chi connectivity index (χ1n) is 5.54. The molecule has 1 N–H and O–H groups in total. The molecule has 1 rings (SSSR count). The predicted octanol–water partition coefficient (Wildman–Crippen LogP) is 2.45. The smallest absolute Gasteiger partial charge is 0.152 e. The minimum absolute atomic E-state index is 0.0706. The molecule has 0 aliphatic heterocycles. The third kappa shape index (κ3) is 4.21. The highest BCUT2D eigenvalue weighted by Crippen LogP contribution is 2.20. The molecular formula is C12H15ClN2O2S. The van der Waals surface area contributed by atoms with Gasteiger partial charge in [-0.25, -0.2) is 8.42 Å². The van der Waals surface area contributed by atoms with Gasteiger partial charge in [0, 0.05) is 17.5 Å². The lowest BCUT2D eigenvalue weighted by atomic mass is 10.2. The molecule has 4 nitrogen and oxygen atoms in total. The summed E-state index contributed by atoms with van der Waals surface area (Å²) in [6.07, 6.45) is 0. The first-order valence-corrected chi connectivity index (χ1v) is 7.74. The van der Waals surface area contributed by atoms with Crippen LogP contribution < -0.4 is 5.32 Å². The van der Waals surface area contributed by atoms with Crippen molar-refractivity contribution in [2.45, 2.75) is 19.9 Å². The van der Waals surface area contributed by atoms with E-state index in [2.05, 4.69) is 5.32 Å². The molecule has 0 radical (unpaired) electrons. The average molecular weight is 287 g/mol. The molecule has 0 amide bonds. The highest BCUT2D eigenvalue weighted by molar-refractivity contribution is 7.91. The van der Waals surface area contributed by atoms with Crippen LogP contribution in [0.25, 0.3) is 0 Å². The summed E-state index contributed by atoms with van der Waals surface area (Å²) in [7, 11) is -3.01. The van der Waals surface area contributed by atoms with E-state index in [0.717, 1.165) is 0 Å². The molecule has 98 valence electrons. The Morgan fingerprint density at radius 2 is 2.17 bits per heavy atom. The van der Waals surface area contributed by atoms with Crippen LogP contribution in [-0.2, 0) is 9.84 Å². The monoisotopic (exact) mass is 286 g/mol. The SMILES string of the molecule is CCS(=O)(=O)CC(C)Nc1ccc(C#N)c(Cl)c1. The molecule has 1 aromatic carbocycles. The van der Waals surface area contributed by atoms with Crippen LogP contribution in [-0.4, -0.2) is 26.0 Å². The van der Waals surface area contributed by atoms with Crippen molar-refractivity contribution in [2.75, 3.05) is 16.8 Å². The molecule has 0 spiro atoms. The number of rotatable bonds is 5. The molecule has 0 bridgehead atoms. The lowest BCUT2D eigenvalue weighted by molar-refractivity contribution is 0.593. The van der Waals surface area contributed by atoms with Crippen LogP contribution in [0.2, 0.25) is 5.02 Å². The van der Waals surface area contributed by atoms with Gasteiger partial charge in [-0.3, -0.25) is 0 Å². The summed E-state index contributed by atoms with van der Waals surface area (Å²) in [5, 5.41) is 12.1. The van der Waals surface area contributed by atoms with Crippen LogP contribution in [0.15, 0.2) is 18.2 Å². The Hall–Kier alpha value is -1.25. The van der Waals surface area contributed by atoms with E-state index in [1.165, 1.54) is 0 Å². The van der Waals surface area contributed by atoms with Crippen molar-refractivity contribution >= 4 is 27.1 Å². The van der Waals surface area contributed by atoms with Crippen molar-refractivity contribution < 1.29 is 8.42 Å². The van der Waals surface area contributed by atoms with Crippen molar-refractivity contribution in [3.05, 3.63) is 28.8 Å². The molecule has 6 heteroatoms. The Bertz CT molecular complexity index is 564. The van der Waals surface area contributed by atoms with Crippen LogP contribution >= 0.6 is 11.6 Å². The minimum atomic E-state index is -3.01. The predicted molar refractivity (Wildman–Crippen MR) is 73.6 cm³/mol. The van der Waals surface area contributed by atoms with Crippen molar-refractivity contribution in [1.29, 1.82) is 5.26 Å². The number of nitriles is 1. The molecule has 0 aliphatic rings. The Kier molecular flexibility index (Phi) is 5.00. The maximum absolute atomic E-state index is 11.5. The molecule has 0 heterocycles. The molecule has 1 atom stereocenters. The number of hydrogen-bond donors (Lipinski definition) is 1. The van der Waals surface area contributed by atoms with Gasteiger partial charge in [0.05, 0.1) is 16.3 Å². The van der Waals surface area contributed by atoms with Crippen LogP contribution in [0.4, 0.5) is 5.69 Å². The molecule has 1 aromatic rings. The molecule has 18 heavy (non-hydrogen) atoms. The summed E-state index contributed by atoms with van der Waals surface area (Å²) in [6.45, 7) is 3.42. The fourth-order valence-corrected chi connectivity index (χ4v) is 2.82. The third-order valence-corrected chi connectivity index (χ3v) is 4.65. The van der Waals surface area contributed by atoms with Crippen molar-refractivity contribution in [3.63, 3.8) is 0 Å². The van der Waals surface area contributed by atoms with Gasteiger partial charge in [0.25, 0.3) is 0 Å². The maximum Gasteiger partial charge on any atom is 0.152 e. The van der Waals surface area contributed by atoms with Crippen molar-refractivity contribution in [2.24, 2.45) is 0 Å².